The molecule has 0 atom stereocenters. The normalized spacial score (nSPS) is 11.5. The van der Waals surface area contributed by atoms with Gasteiger partial charge in [-0.25, -0.2) is 4.98 Å². The van der Waals surface area contributed by atoms with E-state index in [1.165, 1.54) is 16.6 Å². The lowest BCUT2D eigenvalue weighted by Crippen LogP contribution is -1.88. The van der Waals surface area contributed by atoms with Crippen LogP contribution in [0.1, 0.15) is 36.7 Å². The van der Waals surface area contributed by atoms with E-state index >= 15 is 0 Å². The Kier molecular flexibility index (Phi) is 2.06. The predicted octanol–water partition coefficient (Wildman–Crippen LogP) is 3.30. The number of hydrogen-bond donors (Lipinski definition) is 1. The molecule has 0 spiro atoms. The van der Waals surface area contributed by atoms with Crippen LogP contribution in [0.2, 0.25) is 0 Å². The minimum Gasteiger partial charge on any atom is -0.342 e. The molecule has 0 saturated carbocycles. The van der Waals surface area contributed by atoms with Gasteiger partial charge in [-0.3, -0.25) is 0 Å². The second-order valence-corrected chi connectivity index (χ2v) is 4.20. The smallest absolute Gasteiger partial charge is 0.109 e. The number of hydrogen-bond acceptors (Lipinski definition) is 1. The van der Waals surface area contributed by atoms with Crippen molar-refractivity contribution in [1.82, 2.24) is 9.97 Å². The third-order valence-corrected chi connectivity index (χ3v) is 2.62. The van der Waals surface area contributed by atoms with Gasteiger partial charge in [0.05, 0.1) is 11.0 Å². The zero-order valence-corrected chi connectivity index (χ0v) is 9.18. The molecule has 1 aromatic carbocycles. The summed E-state index contributed by atoms with van der Waals surface area (Å²) < 4.78 is 0. The Morgan fingerprint density at radius 2 is 1.79 bits per heavy atom. The van der Waals surface area contributed by atoms with Gasteiger partial charge in [-0.1, -0.05) is 26.0 Å². The fourth-order valence-corrected chi connectivity index (χ4v) is 1.65. The second kappa shape index (κ2) is 3.12. The van der Waals surface area contributed by atoms with Crippen LogP contribution in [0.5, 0.6) is 0 Å². The lowest BCUT2D eigenvalue weighted by molar-refractivity contribution is 0.799. The van der Waals surface area contributed by atoms with Crippen molar-refractivity contribution in [2.24, 2.45) is 0 Å². The number of H-pyrrole nitrogens is 1. The minimum atomic E-state index is 0.459. The average Bonchev–Trinajstić information content (AvgIpc) is 2.57. The van der Waals surface area contributed by atoms with Crippen molar-refractivity contribution in [3.8, 4) is 0 Å². The maximum atomic E-state index is 4.62. The van der Waals surface area contributed by atoms with E-state index in [4.69, 9.17) is 0 Å². The molecule has 14 heavy (non-hydrogen) atoms. The first-order valence-electron chi connectivity index (χ1n) is 5.05. The quantitative estimate of drug-likeness (QED) is 0.730. The Hall–Kier alpha value is -1.31. The van der Waals surface area contributed by atoms with Gasteiger partial charge in [0.25, 0.3) is 0 Å². The molecule has 0 bridgehead atoms. The van der Waals surface area contributed by atoms with Crippen LogP contribution in [-0.4, -0.2) is 9.97 Å². The van der Waals surface area contributed by atoms with Gasteiger partial charge in [-0.05, 0) is 25.0 Å². The molecular formula is C12H16N2. The van der Waals surface area contributed by atoms with Crippen LogP contribution in [0.4, 0.5) is 0 Å². The van der Waals surface area contributed by atoms with Crippen LogP contribution >= 0.6 is 0 Å². The molecule has 0 saturated heterocycles. The molecule has 2 nitrogen and oxygen atoms in total. The molecule has 2 aromatic rings. The van der Waals surface area contributed by atoms with Gasteiger partial charge in [-0.15, -0.1) is 0 Å². The van der Waals surface area contributed by atoms with E-state index in [9.17, 15) is 0 Å². The lowest BCUT2D eigenvalue weighted by Gasteiger charge is -1.97. The van der Waals surface area contributed by atoms with Crippen molar-refractivity contribution < 1.29 is 0 Å². The highest BCUT2D eigenvalue weighted by Gasteiger charge is 2.09. The van der Waals surface area contributed by atoms with E-state index in [1.54, 1.807) is 0 Å². The Labute approximate surface area is 84.4 Å². The largest absolute Gasteiger partial charge is 0.342 e. The van der Waals surface area contributed by atoms with E-state index in [2.05, 4.69) is 49.8 Å². The van der Waals surface area contributed by atoms with Gasteiger partial charge < -0.3 is 4.98 Å². The molecule has 2 heteroatoms. The van der Waals surface area contributed by atoms with Crippen molar-refractivity contribution in [2.75, 3.05) is 0 Å². The first kappa shape index (κ1) is 9.25. The Morgan fingerprint density at radius 3 is 2.36 bits per heavy atom. The molecule has 0 unspecified atom stereocenters. The summed E-state index contributed by atoms with van der Waals surface area (Å²) in [7, 11) is 0. The van der Waals surface area contributed by atoms with Crippen LogP contribution in [0.25, 0.3) is 11.0 Å². The van der Waals surface area contributed by atoms with Crippen LogP contribution in [-0.2, 0) is 0 Å². The SMILES string of the molecule is Cc1ccc(C)c2[nH]c(C(C)C)nc12. The molecule has 1 heterocycles. The zero-order valence-electron chi connectivity index (χ0n) is 9.18. The second-order valence-electron chi connectivity index (χ2n) is 4.20. The number of fused-ring (bicyclic) bond motifs is 1. The summed E-state index contributed by atoms with van der Waals surface area (Å²) in [4.78, 5) is 8.01. The van der Waals surface area contributed by atoms with E-state index in [0.29, 0.717) is 5.92 Å². The van der Waals surface area contributed by atoms with E-state index in [1.807, 2.05) is 0 Å². The summed E-state index contributed by atoms with van der Waals surface area (Å²) in [6, 6.07) is 4.27. The van der Waals surface area contributed by atoms with Gasteiger partial charge in [-0.2, -0.15) is 0 Å². The Morgan fingerprint density at radius 1 is 1.14 bits per heavy atom. The average molecular weight is 188 g/mol. The lowest BCUT2D eigenvalue weighted by atomic mass is 10.1. The van der Waals surface area contributed by atoms with Gasteiger partial charge in [0.1, 0.15) is 5.82 Å². The fraction of sp³-hybridized carbons (Fsp3) is 0.417. The molecule has 0 radical (unpaired) electrons. The van der Waals surface area contributed by atoms with Crippen molar-refractivity contribution in [3.63, 3.8) is 0 Å². The number of benzene rings is 1. The number of aromatic nitrogens is 2. The van der Waals surface area contributed by atoms with Gasteiger partial charge >= 0.3 is 0 Å². The number of imidazole rings is 1. The number of nitrogens with zero attached hydrogens (tertiary/aromatic N) is 1. The van der Waals surface area contributed by atoms with Gasteiger partial charge in [0.15, 0.2) is 0 Å². The maximum absolute atomic E-state index is 4.62. The molecule has 0 aliphatic heterocycles. The van der Waals surface area contributed by atoms with Gasteiger partial charge in [0, 0.05) is 5.92 Å². The first-order valence-corrected chi connectivity index (χ1v) is 5.05. The molecule has 0 aliphatic carbocycles. The molecule has 74 valence electrons. The fourth-order valence-electron chi connectivity index (χ4n) is 1.65. The van der Waals surface area contributed by atoms with E-state index in [-0.39, 0.29) is 0 Å². The molecule has 1 aromatic heterocycles. The summed E-state index contributed by atoms with van der Waals surface area (Å²) in [5.74, 6) is 1.54. The molecular weight excluding hydrogens is 172 g/mol. The topological polar surface area (TPSA) is 28.7 Å². The highest BCUT2D eigenvalue weighted by molar-refractivity contribution is 5.81. The molecule has 0 aliphatic rings. The summed E-state index contributed by atoms with van der Waals surface area (Å²) in [5.41, 5.74) is 4.82. The van der Waals surface area contributed by atoms with E-state index < -0.39 is 0 Å². The van der Waals surface area contributed by atoms with Crippen molar-refractivity contribution in [2.45, 2.75) is 33.6 Å². The Balaban J connectivity index is 2.75. The summed E-state index contributed by atoms with van der Waals surface area (Å²) in [6.07, 6.45) is 0. The van der Waals surface area contributed by atoms with Gasteiger partial charge in [0.2, 0.25) is 0 Å². The molecule has 1 N–H and O–H groups in total. The van der Waals surface area contributed by atoms with Crippen LogP contribution in [0.15, 0.2) is 12.1 Å². The van der Waals surface area contributed by atoms with Crippen LogP contribution in [0.3, 0.4) is 0 Å². The van der Waals surface area contributed by atoms with Crippen LogP contribution in [0, 0.1) is 13.8 Å². The number of nitrogens with one attached hydrogen (secondary N) is 1. The van der Waals surface area contributed by atoms with Crippen molar-refractivity contribution >= 4 is 11.0 Å². The number of rotatable bonds is 1. The summed E-state index contributed by atoms with van der Waals surface area (Å²) in [5, 5.41) is 0. The predicted molar refractivity (Wildman–Crippen MR) is 59.7 cm³/mol. The maximum Gasteiger partial charge on any atom is 0.109 e. The first-order chi connectivity index (χ1) is 6.59. The summed E-state index contributed by atoms with van der Waals surface area (Å²) >= 11 is 0. The monoisotopic (exact) mass is 188 g/mol. The zero-order chi connectivity index (χ0) is 10.3. The minimum absolute atomic E-state index is 0.459. The van der Waals surface area contributed by atoms with Crippen molar-refractivity contribution in [3.05, 3.63) is 29.1 Å². The molecule has 0 amide bonds. The highest BCUT2D eigenvalue weighted by atomic mass is 14.9. The van der Waals surface area contributed by atoms with E-state index in [0.717, 1.165) is 11.3 Å². The number of aromatic amines is 1. The third kappa shape index (κ3) is 1.31. The Bertz CT molecular complexity index is 427. The molecule has 2 rings (SSSR count). The van der Waals surface area contributed by atoms with Crippen LogP contribution < -0.4 is 0 Å². The third-order valence-electron chi connectivity index (χ3n) is 2.62. The molecule has 0 fully saturated rings. The van der Waals surface area contributed by atoms with Crippen molar-refractivity contribution in [1.29, 1.82) is 0 Å². The number of aryl methyl sites for hydroxylation is 2. The standard InChI is InChI=1S/C12H16N2/c1-7(2)12-13-10-8(3)5-6-9(4)11(10)14-12/h5-7H,1-4H3,(H,13,14). The highest BCUT2D eigenvalue weighted by Crippen LogP contribution is 2.22. The summed E-state index contributed by atoms with van der Waals surface area (Å²) in [6.45, 7) is 8.53.